The minimum absolute atomic E-state index is 0.809. The minimum atomic E-state index is 0.809. The van der Waals surface area contributed by atoms with Crippen molar-refractivity contribution in [1.29, 1.82) is 0 Å². The second kappa shape index (κ2) is 6.06. The van der Waals surface area contributed by atoms with Gasteiger partial charge in [-0.2, -0.15) is 0 Å². The summed E-state index contributed by atoms with van der Waals surface area (Å²) in [7, 11) is 0. The molecule has 0 heterocycles. The second-order valence-corrected chi connectivity index (χ2v) is 4.86. The Morgan fingerprint density at radius 2 is 1.88 bits per heavy atom. The van der Waals surface area contributed by atoms with Gasteiger partial charge in [0, 0.05) is 24.8 Å². The molecule has 0 saturated heterocycles. The van der Waals surface area contributed by atoms with E-state index in [-0.39, 0.29) is 0 Å². The lowest BCUT2D eigenvalue weighted by atomic mass is 10.2. The van der Waals surface area contributed by atoms with E-state index >= 15 is 0 Å². The van der Waals surface area contributed by atoms with E-state index in [1.807, 2.05) is 0 Å². The van der Waals surface area contributed by atoms with E-state index in [4.69, 9.17) is 0 Å². The quantitative estimate of drug-likeness (QED) is 0.726. The van der Waals surface area contributed by atoms with E-state index in [1.54, 1.807) is 0 Å². The van der Waals surface area contributed by atoms with Gasteiger partial charge in [-0.3, -0.25) is 0 Å². The van der Waals surface area contributed by atoms with Crippen molar-refractivity contribution in [2.24, 2.45) is 0 Å². The average Bonchev–Trinajstić information content (AvgIpc) is 3.17. The number of nitrogens with one attached hydrogen (secondary N) is 1. The maximum Gasteiger partial charge on any atom is 0.0368 e. The molecular weight excluding hydrogens is 208 g/mol. The van der Waals surface area contributed by atoms with Crippen LogP contribution in [0.15, 0.2) is 24.3 Å². The Bertz CT molecular complexity index is 327. The van der Waals surface area contributed by atoms with Gasteiger partial charge in [0.25, 0.3) is 0 Å². The SMILES string of the molecule is CCCNCc1ccc(N(CC)C2CC2)cc1. The van der Waals surface area contributed by atoms with Gasteiger partial charge in [-0.1, -0.05) is 19.1 Å². The summed E-state index contributed by atoms with van der Waals surface area (Å²) in [6.45, 7) is 7.66. The first-order chi connectivity index (χ1) is 8.35. The molecule has 1 N–H and O–H groups in total. The third kappa shape index (κ3) is 3.47. The molecule has 17 heavy (non-hydrogen) atoms. The molecule has 1 fully saturated rings. The molecule has 1 aromatic rings. The Kier molecular flexibility index (Phi) is 4.43. The Morgan fingerprint density at radius 3 is 2.41 bits per heavy atom. The Morgan fingerprint density at radius 1 is 1.18 bits per heavy atom. The highest BCUT2D eigenvalue weighted by atomic mass is 15.2. The van der Waals surface area contributed by atoms with Crippen LogP contribution < -0.4 is 10.2 Å². The van der Waals surface area contributed by atoms with Crippen LogP contribution in [0.2, 0.25) is 0 Å². The van der Waals surface area contributed by atoms with Crippen LogP contribution in [0.25, 0.3) is 0 Å². The van der Waals surface area contributed by atoms with E-state index in [0.29, 0.717) is 0 Å². The Hall–Kier alpha value is -1.02. The largest absolute Gasteiger partial charge is 0.369 e. The van der Waals surface area contributed by atoms with Crippen LogP contribution in [0.3, 0.4) is 0 Å². The lowest BCUT2D eigenvalue weighted by molar-refractivity contribution is 0.675. The highest BCUT2D eigenvalue weighted by molar-refractivity contribution is 5.49. The number of anilines is 1. The molecule has 0 unspecified atom stereocenters. The number of hydrogen-bond donors (Lipinski definition) is 1. The molecule has 1 aliphatic rings. The van der Waals surface area contributed by atoms with E-state index in [9.17, 15) is 0 Å². The lowest BCUT2D eigenvalue weighted by Crippen LogP contribution is -2.24. The molecule has 1 aromatic carbocycles. The molecular formula is C15H24N2. The molecule has 94 valence electrons. The summed E-state index contributed by atoms with van der Waals surface area (Å²) >= 11 is 0. The zero-order valence-corrected chi connectivity index (χ0v) is 11.1. The monoisotopic (exact) mass is 232 g/mol. The molecule has 0 bridgehead atoms. The Labute approximate surface area is 105 Å². The van der Waals surface area contributed by atoms with E-state index in [2.05, 4.69) is 48.3 Å². The molecule has 0 radical (unpaired) electrons. The maximum atomic E-state index is 3.44. The van der Waals surface area contributed by atoms with Gasteiger partial charge in [-0.05, 0) is 50.4 Å². The van der Waals surface area contributed by atoms with Crippen LogP contribution in [0, 0.1) is 0 Å². The molecule has 0 spiro atoms. The first-order valence-electron chi connectivity index (χ1n) is 6.91. The fourth-order valence-corrected chi connectivity index (χ4v) is 2.25. The van der Waals surface area contributed by atoms with Crippen molar-refractivity contribution in [2.45, 2.75) is 45.7 Å². The van der Waals surface area contributed by atoms with Crippen molar-refractivity contribution >= 4 is 5.69 Å². The topological polar surface area (TPSA) is 15.3 Å². The van der Waals surface area contributed by atoms with Gasteiger partial charge in [0.1, 0.15) is 0 Å². The number of rotatable bonds is 7. The van der Waals surface area contributed by atoms with E-state index in [0.717, 1.165) is 25.7 Å². The van der Waals surface area contributed by atoms with Crippen molar-refractivity contribution in [3.8, 4) is 0 Å². The third-order valence-corrected chi connectivity index (χ3v) is 3.35. The summed E-state index contributed by atoms with van der Waals surface area (Å²) < 4.78 is 0. The highest BCUT2D eigenvalue weighted by Crippen LogP contribution is 2.31. The van der Waals surface area contributed by atoms with Crippen LogP contribution in [0.4, 0.5) is 5.69 Å². The van der Waals surface area contributed by atoms with Crippen molar-refractivity contribution in [2.75, 3.05) is 18.0 Å². The van der Waals surface area contributed by atoms with E-state index < -0.39 is 0 Å². The van der Waals surface area contributed by atoms with Crippen molar-refractivity contribution < 1.29 is 0 Å². The first kappa shape index (κ1) is 12.4. The van der Waals surface area contributed by atoms with Crippen LogP contribution in [-0.2, 0) is 6.54 Å². The smallest absolute Gasteiger partial charge is 0.0368 e. The molecule has 1 saturated carbocycles. The summed E-state index contributed by atoms with van der Waals surface area (Å²) in [4.78, 5) is 2.52. The van der Waals surface area contributed by atoms with Gasteiger partial charge in [0.2, 0.25) is 0 Å². The van der Waals surface area contributed by atoms with Crippen molar-refractivity contribution in [3.05, 3.63) is 29.8 Å². The third-order valence-electron chi connectivity index (χ3n) is 3.35. The summed E-state index contributed by atoms with van der Waals surface area (Å²) in [6, 6.07) is 9.85. The number of hydrogen-bond acceptors (Lipinski definition) is 2. The number of benzene rings is 1. The molecule has 2 nitrogen and oxygen atoms in total. The van der Waals surface area contributed by atoms with Gasteiger partial charge >= 0.3 is 0 Å². The van der Waals surface area contributed by atoms with Gasteiger partial charge < -0.3 is 10.2 Å². The van der Waals surface area contributed by atoms with Gasteiger partial charge in [0.15, 0.2) is 0 Å². The standard InChI is InChI=1S/C15H24N2/c1-3-11-16-12-13-5-7-14(8-6-13)17(4-2)15-9-10-15/h5-8,15-16H,3-4,9-12H2,1-2H3. The minimum Gasteiger partial charge on any atom is -0.369 e. The molecule has 0 aliphatic heterocycles. The van der Waals surface area contributed by atoms with E-state index in [1.165, 1.54) is 30.5 Å². The van der Waals surface area contributed by atoms with Gasteiger partial charge in [0.05, 0.1) is 0 Å². The summed E-state index contributed by atoms with van der Waals surface area (Å²) in [5.74, 6) is 0. The molecule has 2 heteroatoms. The molecule has 0 aromatic heterocycles. The second-order valence-electron chi connectivity index (χ2n) is 4.86. The van der Waals surface area contributed by atoms with Crippen molar-refractivity contribution in [1.82, 2.24) is 5.32 Å². The summed E-state index contributed by atoms with van der Waals surface area (Å²) in [6.07, 6.45) is 3.94. The summed E-state index contributed by atoms with van der Waals surface area (Å²) in [5.41, 5.74) is 2.77. The van der Waals surface area contributed by atoms with Crippen molar-refractivity contribution in [3.63, 3.8) is 0 Å². The van der Waals surface area contributed by atoms with Gasteiger partial charge in [-0.15, -0.1) is 0 Å². The average molecular weight is 232 g/mol. The molecule has 2 rings (SSSR count). The molecule has 0 amide bonds. The number of nitrogens with zero attached hydrogens (tertiary/aromatic N) is 1. The zero-order valence-electron chi connectivity index (χ0n) is 11.1. The highest BCUT2D eigenvalue weighted by Gasteiger charge is 2.27. The maximum absolute atomic E-state index is 3.44. The fourth-order valence-electron chi connectivity index (χ4n) is 2.25. The van der Waals surface area contributed by atoms with Gasteiger partial charge in [-0.25, -0.2) is 0 Å². The van der Waals surface area contributed by atoms with Crippen LogP contribution in [0.1, 0.15) is 38.7 Å². The predicted molar refractivity (Wildman–Crippen MR) is 74.5 cm³/mol. The van der Waals surface area contributed by atoms with Crippen LogP contribution in [-0.4, -0.2) is 19.1 Å². The molecule has 1 aliphatic carbocycles. The zero-order chi connectivity index (χ0) is 12.1. The normalized spacial score (nSPS) is 14.9. The first-order valence-corrected chi connectivity index (χ1v) is 6.91. The molecule has 0 atom stereocenters. The van der Waals surface area contributed by atoms with Crippen LogP contribution in [0.5, 0.6) is 0 Å². The fraction of sp³-hybridized carbons (Fsp3) is 0.600. The van der Waals surface area contributed by atoms with Crippen LogP contribution >= 0.6 is 0 Å². The summed E-state index contributed by atoms with van der Waals surface area (Å²) in [5, 5.41) is 3.44. The Balaban J connectivity index is 1.92. The lowest BCUT2D eigenvalue weighted by Gasteiger charge is -2.22. The predicted octanol–water partition coefficient (Wildman–Crippen LogP) is 3.17.